The van der Waals surface area contributed by atoms with E-state index in [0.717, 1.165) is 24.2 Å². The Hall–Kier alpha value is -1.43. The van der Waals surface area contributed by atoms with Crippen LogP contribution in [0.5, 0.6) is 0 Å². The van der Waals surface area contributed by atoms with E-state index in [-0.39, 0.29) is 11.9 Å². The highest BCUT2D eigenvalue weighted by Gasteiger charge is 2.12. The third kappa shape index (κ3) is 3.79. The summed E-state index contributed by atoms with van der Waals surface area (Å²) >= 11 is 6.03. The van der Waals surface area contributed by atoms with Crippen LogP contribution >= 0.6 is 11.6 Å². The molecule has 1 atom stereocenters. The van der Waals surface area contributed by atoms with Gasteiger partial charge in [-0.3, -0.25) is 11.3 Å². The number of aryl methyl sites for hydroxylation is 2. The number of nitrogens with zero attached hydrogens (tertiary/aromatic N) is 2. The summed E-state index contributed by atoms with van der Waals surface area (Å²) in [6, 6.07) is 4.49. The Morgan fingerprint density at radius 3 is 2.90 bits per heavy atom. The van der Waals surface area contributed by atoms with E-state index in [2.05, 4.69) is 10.4 Å². The summed E-state index contributed by atoms with van der Waals surface area (Å²) in [7, 11) is 1.96. The van der Waals surface area contributed by atoms with Crippen molar-refractivity contribution in [2.75, 3.05) is 0 Å². The van der Waals surface area contributed by atoms with Crippen molar-refractivity contribution < 1.29 is 4.39 Å². The number of hydrazine groups is 1. The maximum Gasteiger partial charge on any atom is 0.124 e. The van der Waals surface area contributed by atoms with E-state index in [0.29, 0.717) is 11.4 Å². The zero-order valence-corrected chi connectivity index (χ0v) is 12.1. The van der Waals surface area contributed by atoms with Crippen LogP contribution in [0, 0.1) is 5.82 Å². The van der Waals surface area contributed by atoms with Gasteiger partial charge in [0.15, 0.2) is 0 Å². The van der Waals surface area contributed by atoms with Crippen LogP contribution in [0.3, 0.4) is 0 Å². The highest BCUT2D eigenvalue weighted by Crippen LogP contribution is 2.19. The fraction of sp³-hybridized carbons (Fsp3) is 0.357. The van der Waals surface area contributed by atoms with Gasteiger partial charge in [0, 0.05) is 36.9 Å². The van der Waals surface area contributed by atoms with Crippen molar-refractivity contribution in [3.05, 3.63) is 52.8 Å². The van der Waals surface area contributed by atoms with E-state index >= 15 is 0 Å². The molecule has 1 heterocycles. The van der Waals surface area contributed by atoms with Crippen LogP contribution in [0.25, 0.3) is 0 Å². The second-order valence-corrected chi connectivity index (χ2v) is 5.20. The Bertz CT molecular complexity index is 570. The summed E-state index contributed by atoms with van der Waals surface area (Å²) in [5.41, 5.74) is 3.67. The molecule has 0 saturated carbocycles. The summed E-state index contributed by atoms with van der Waals surface area (Å²) in [5, 5.41) is 0.433. The van der Waals surface area contributed by atoms with Crippen molar-refractivity contribution in [3.8, 4) is 0 Å². The molecule has 20 heavy (non-hydrogen) atoms. The van der Waals surface area contributed by atoms with E-state index in [1.165, 1.54) is 12.1 Å². The Labute approximate surface area is 122 Å². The Morgan fingerprint density at radius 2 is 2.30 bits per heavy atom. The molecule has 108 valence electrons. The van der Waals surface area contributed by atoms with Crippen LogP contribution in [0.2, 0.25) is 5.02 Å². The van der Waals surface area contributed by atoms with Gasteiger partial charge < -0.3 is 4.57 Å². The first-order valence-corrected chi connectivity index (χ1v) is 6.84. The molecule has 0 fully saturated rings. The molecule has 3 N–H and O–H groups in total. The Kier molecular flexibility index (Phi) is 5.11. The molecule has 2 aromatic rings. The van der Waals surface area contributed by atoms with E-state index in [1.54, 1.807) is 12.3 Å². The normalized spacial score (nSPS) is 12.6. The fourth-order valence-electron chi connectivity index (χ4n) is 2.14. The maximum atomic E-state index is 13.0. The molecule has 0 aliphatic carbocycles. The predicted octanol–water partition coefficient (Wildman–Crippen LogP) is 2.22. The van der Waals surface area contributed by atoms with Gasteiger partial charge in [0.1, 0.15) is 11.6 Å². The second kappa shape index (κ2) is 6.83. The number of imidazole rings is 1. The van der Waals surface area contributed by atoms with Crippen LogP contribution in [-0.4, -0.2) is 15.6 Å². The van der Waals surface area contributed by atoms with Crippen molar-refractivity contribution >= 4 is 11.6 Å². The number of aromatic nitrogens is 2. The highest BCUT2D eigenvalue weighted by molar-refractivity contribution is 6.31. The van der Waals surface area contributed by atoms with Gasteiger partial charge in [0.05, 0.1) is 0 Å². The summed E-state index contributed by atoms with van der Waals surface area (Å²) in [5.74, 6) is 6.26. The van der Waals surface area contributed by atoms with E-state index in [1.807, 2.05) is 17.8 Å². The first-order valence-electron chi connectivity index (χ1n) is 6.46. The number of nitrogens with two attached hydrogens (primary N) is 1. The first kappa shape index (κ1) is 15.0. The smallest absolute Gasteiger partial charge is 0.124 e. The fourth-order valence-corrected chi connectivity index (χ4v) is 2.38. The summed E-state index contributed by atoms with van der Waals surface area (Å²) < 4.78 is 15.0. The average molecular weight is 297 g/mol. The minimum atomic E-state index is -0.330. The number of halogens is 2. The standard InChI is InChI=1S/C14H18ClFN4/c1-20-7-6-18-14(20)5-4-12(19-17)8-10-2-3-11(16)9-13(10)15/h2-3,6-7,9,12,19H,4-5,8,17H2,1H3. The molecule has 0 spiro atoms. The lowest BCUT2D eigenvalue weighted by Crippen LogP contribution is -2.37. The molecule has 0 bridgehead atoms. The molecule has 0 aliphatic heterocycles. The van der Waals surface area contributed by atoms with E-state index < -0.39 is 0 Å². The van der Waals surface area contributed by atoms with E-state index in [9.17, 15) is 4.39 Å². The van der Waals surface area contributed by atoms with Gasteiger partial charge in [-0.2, -0.15) is 0 Å². The van der Waals surface area contributed by atoms with Gasteiger partial charge in [0.2, 0.25) is 0 Å². The van der Waals surface area contributed by atoms with Gasteiger partial charge in [-0.25, -0.2) is 9.37 Å². The topological polar surface area (TPSA) is 55.9 Å². The SMILES string of the molecule is Cn1ccnc1CCC(Cc1ccc(F)cc1Cl)NN. The molecule has 4 nitrogen and oxygen atoms in total. The average Bonchev–Trinajstić information content (AvgIpc) is 2.82. The molecule has 0 saturated heterocycles. The van der Waals surface area contributed by atoms with Crippen molar-refractivity contribution in [1.82, 2.24) is 15.0 Å². The summed E-state index contributed by atoms with van der Waals surface area (Å²) in [6.07, 6.45) is 5.99. The molecular weight excluding hydrogens is 279 g/mol. The third-order valence-corrected chi connectivity index (χ3v) is 3.71. The number of nitrogens with one attached hydrogen (secondary N) is 1. The molecule has 0 amide bonds. The quantitative estimate of drug-likeness (QED) is 0.635. The minimum absolute atomic E-state index is 0.0645. The number of hydrogen-bond acceptors (Lipinski definition) is 3. The molecule has 1 aromatic heterocycles. The lowest BCUT2D eigenvalue weighted by Gasteiger charge is -2.16. The highest BCUT2D eigenvalue weighted by atomic mass is 35.5. The monoisotopic (exact) mass is 296 g/mol. The van der Waals surface area contributed by atoms with Crippen LogP contribution in [0.1, 0.15) is 17.8 Å². The van der Waals surface area contributed by atoms with Gasteiger partial charge in [-0.15, -0.1) is 0 Å². The lowest BCUT2D eigenvalue weighted by atomic mass is 10.0. The van der Waals surface area contributed by atoms with Gasteiger partial charge in [-0.05, 0) is 30.5 Å². The zero-order chi connectivity index (χ0) is 14.5. The zero-order valence-electron chi connectivity index (χ0n) is 11.3. The third-order valence-electron chi connectivity index (χ3n) is 3.35. The Balaban J connectivity index is 1.97. The molecule has 2 rings (SSSR count). The van der Waals surface area contributed by atoms with Crippen molar-refractivity contribution in [3.63, 3.8) is 0 Å². The van der Waals surface area contributed by atoms with Gasteiger partial charge in [-0.1, -0.05) is 17.7 Å². The summed E-state index contributed by atoms with van der Waals surface area (Å²) in [6.45, 7) is 0. The maximum absolute atomic E-state index is 13.0. The molecule has 1 aromatic carbocycles. The molecule has 0 aliphatic rings. The molecule has 6 heteroatoms. The Morgan fingerprint density at radius 1 is 1.50 bits per heavy atom. The largest absolute Gasteiger partial charge is 0.338 e. The van der Waals surface area contributed by atoms with Crippen LogP contribution in [-0.2, 0) is 19.9 Å². The predicted molar refractivity (Wildman–Crippen MR) is 77.8 cm³/mol. The van der Waals surface area contributed by atoms with E-state index in [4.69, 9.17) is 17.4 Å². The first-order chi connectivity index (χ1) is 9.60. The molecule has 1 unspecified atom stereocenters. The number of hydrogen-bond donors (Lipinski definition) is 2. The minimum Gasteiger partial charge on any atom is -0.338 e. The van der Waals surface area contributed by atoms with Crippen molar-refractivity contribution in [2.24, 2.45) is 12.9 Å². The molecule has 0 radical (unpaired) electrons. The van der Waals surface area contributed by atoms with Gasteiger partial charge in [0.25, 0.3) is 0 Å². The number of rotatable bonds is 6. The van der Waals surface area contributed by atoms with Crippen LogP contribution in [0.4, 0.5) is 4.39 Å². The van der Waals surface area contributed by atoms with Crippen LogP contribution < -0.4 is 11.3 Å². The van der Waals surface area contributed by atoms with Crippen molar-refractivity contribution in [2.45, 2.75) is 25.3 Å². The lowest BCUT2D eigenvalue weighted by molar-refractivity contribution is 0.483. The number of benzene rings is 1. The van der Waals surface area contributed by atoms with Crippen molar-refractivity contribution in [1.29, 1.82) is 0 Å². The summed E-state index contributed by atoms with van der Waals surface area (Å²) in [4.78, 5) is 4.28. The second-order valence-electron chi connectivity index (χ2n) is 4.80. The molecular formula is C14H18ClFN4. The van der Waals surface area contributed by atoms with Crippen LogP contribution in [0.15, 0.2) is 30.6 Å². The van der Waals surface area contributed by atoms with Gasteiger partial charge >= 0.3 is 0 Å².